The Morgan fingerprint density at radius 2 is 2.38 bits per heavy atom. The van der Waals surface area contributed by atoms with E-state index in [9.17, 15) is 0 Å². The van der Waals surface area contributed by atoms with Crippen molar-refractivity contribution in [3.8, 4) is 0 Å². The lowest BCUT2D eigenvalue weighted by Crippen LogP contribution is -2.20. The van der Waals surface area contributed by atoms with Gasteiger partial charge in [-0.2, -0.15) is 0 Å². The highest BCUT2D eigenvalue weighted by Crippen LogP contribution is 2.19. The third kappa shape index (κ3) is 0.857. The third-order valence-electron chi connectivity index (χ3n) is 1.75. The van der Waals surface area contributed by atoms with Gasteiger partial charge in [0.25, 0.3) is 0 Å². The van der Waals surface area contributed by atoms with E-state index in [-0.39, 0.29) is 0 Å². The summed E-state index contributed by atoms with van der Waals surface area (Å²) in [6.07, 6.45) is 4.88. The van der Waals surface area contributed by atoms with Crippen LogP contribution in [0.5, 0.6) is 0 Å². The molecule has 1 nitrogen and oxygen atoms in total. The standard InChI is InChI=1S/C7H13N/c1-3-8(2)7-5-4-6-7/h5H,3-4,6H2,1-2H3. The summed E-state index contributed by atoms with van der Waals surface area (Å²) in [7, 11) is 2.14. The van der Waals surface area contributed by atoms with Crippen molar-refractivity contribution >= 4 is 0 Å². The van der Waals surface area contributed by atoms with Crippen LogP contribution in [0, 0.1) is 0 Å². The number of hydrogen-bond acceptors (Lipinski definition) is 1. The maximum absolute atomic E-state index is 2.30. The van der Waals surface area contributed by atoms with Crippen LogP contribution in [0.2, 0.25) is 0 Å². The largest absolute Gasteiger partial charge is 0.378 e. The van der Waals surface area contributed by atoms with Gasteiger partial charge in [-0.25, -0.2) is 0 Å². The van der Waals surface area contributed by atoms with Gasteiger partial charge in [0.1, 0.15) is 0 Å². The summed E-state index contributed by atoms with van der Waals surface area (Å²) in [5, 5.41) is 0. The predicted octanol–water partition coefficient (Wildman–Crippen LogP) is 1.62. The minimum Gasteiger partial charge on any atom is -0.378 e. The van der Waals surface area contributed by atoms with E-state index in [1.54, 1.807) is 0 Å². The molecule has 1 aliphatic rings. The molecular weight excluding hydrogens is 98.1 g/mol. The summed E-state index contributed by atoms with van der Waals surface area (Å²) < 4.78 is 0. The second kappa shape index (κ2) is 2.21. The topological polar surface area (TPSA) is 3.24 Å². The fraction of sp³-hybridized carbons (Fsp3) is 0.714. The number of allylic oxidation sites excluding steroid dienone is 2. The first kappa shape index (κ1) is 5.67. The first-order chi connectivity index (χ1) is 3.84. The predicted molar refractivity (Wildman–Crippen MR) is 35.6 cm³/mol. The van der Waals surface area contributed by atoms with Gasteiger partial charge in [-0.3, -0.25) is 0 Å². The Balaban J connectivity index is 2.34. The van der Waals surface area contributed by atoms with Gasteiger partial charge >= 0.3 is 0 Å². The fourth-order valence-corrected chi connectivity index (χ4v) is 0.823. The lowest BCUT2D eigenvalue weighted by molar-refractivity contribution is 0.403. The van der Waals surface area contributed by atoms with E-state index < -0.39 is 0 Å². The van der Waals surface area contributed by atoms with Crippen LogP contribution in [0.25, 0.3) is 0 Å². The lowest BCUT2D eigenvalue weighted by Gasteiger charge is -2.25. The van der Waals surface area contributed by atoms with Crippen LogP contribution < -0.4 is 0 Å². The molecule has 1 heteroatoms. The Bertz CT molecular complexity index is 105. The molecule has 0 atom stereocenters. The molecule has 0 bridgehead atoms. The van der Waals surface area contributed by atoms with Gasteiger partial charge < -0.3 is 4.90 Å². The molecule has 1 rings (SSSR count). The van der Waals surface area contributed by atoms with E-state index >= 15 is 0 Å². The minimum atomic E-state index is 1.14. The second-order valence-electron chi connectivity index (χ2n) is 2.25. The van der Waals surface area contributed by atoms with E-state index in [1.165, 1.54) is 18.5 Å². The highest BCUT2D eigenvalue weighted by atomic mass is 15.1. The van der Waals surface area contributed by atoms with Gasteiger partial charge in [0.05, 0.1) is 0 Å². The quantitative estimate of drug-likeness (QED) is 0.523. The van der Waals surface area contributed by atoms with Gasteiger partial charge in [-0.05, 0) is 19.8 Å². The number of rotatable bonds is 2. The summed E-state index contributed by atoms with van der Waals surface area (Å²) in [4.78, 5) is 2.30. The van der Waals surface area contributed by atoms with Crippen molar-refractivity contribution in [1.82, 2.24) is 4.90 Å². The van der Waals surface area contributed by atoms with Crippen molar-refractivity contribution in [1.29, 1.82) is 0 Å². The molecule has 0 aromatic carbocycles. The lowest BCUT2D eigenvalue weighted by atomic mass is 10.1. The van der Waals surface area contributed by atoms with Gasteiger partial charge in [0.2, 0.25) is 0 Å². The molecule has 0 spiro atoms. The summed E-state index contributed by atoms with van der Waals surface area (Å²) in [5.74, 6) is 0. The van der Waals surface area contributed by atoms with Gasteiger partial charge in [-0.1, -0.05) is 6.08 Å². The Morgan fingerprint density at radius 1 is 1.75 bits per heavy atom. The number of hydrogen-bond donors (Lipinski definition) is 0. The van der Waals surface area contributed by atoms with E-state index in [4.69, 9.17) is 0 Å². The highest BCUT2D eigenvalue weighted by molar-refractivity contribution is 5.09. The van der Waals surface area contributed by atoms with E-state index in [2.05, 4.69) is 24.9 Å². The summed E-state index contributed by atoms with van der Waals surface area (Å²) in [6.45, 7) is 3.32. The first-order valence-electron chi connectivity index (χ1n) is 3.24. The monoisotopic (exact) mass is 111 g/mol. The Hall–Kier alpha value is -0.460. The van der Waals surface area contributed by atoms with Crippen LogP contribution >= 0.6 is 0 Å². The molecule has 0 aromatic rings. The molecule has 0 fully saturated rings. The molecule has 0 heterocycles. The molecule has 0 aromatic heterocycles. The van der Waals surface area contributed by atoms with E-state index in [1.807, 2.05) is 0 Å². The van der Waals surface area contributed by atoms with E-state index in [0.29, 0.717) is 0 Å². The van der Waals surface area contributed by atoms with Crippen LogP contribution in [0.15, 0.2) is 11.8 Å². The Kier molecular flexibility index (Phi) is 1.56. The molecule has 1 aliphatic carbocycles. The van der Waals surface area contributed by atoms with Crippen LogP contribution in [0.3, 0.4) is 0 Å². The zero-order valence-corrected chi connectivity index (χ0v) is 5.65. The van der Waals surface area contributed by atoms with Crippen molar-refractivity contribution in [3.05, 3.63) is 11.8 Å². The Labute approximate surface area is 51.0 Å². The first-order valence-corrected chi connectivity index (χ1v) is 3.24. The summed E-state index contributed by atoms with van der Waals surface area (Å²) in [5.41, 5.74) is 1.52. The molecule has 0 aliphatic heterocycles. The molecule has 0 saturated carbocycles. The van der Waals surface area contributed by atoms with Crippen molar-refractivity contribution in [2.45, 2.75) is 19.8 Å². The van der Waals surface area contributed by atoms with E-state index in [0.717, 1.165) is 6.54 Å². The normalized spacial score (nSPS) is 17.0. The zero-order valence-electron chi connectivity index (χ0n) is 5.65. The van der Waals surface area contributed by atoms with Crippen LogP contribution in [0.1, 0.15) is 19.8 Å². The SMILES string of the molecule is CCN(C)C1=CCC1. The van der Waals surface area contributed by atoms with Gasteiger partial charge in [0.15, 0.2) is 0 Å². The maximum atomic E-state index is 2.30. The molecule has 46 valence electrons. The van der Waals surface area contributed by atoms with Crippen molar-refractivity contribution < 1.29 is 0 Å². The van der Waals surface area contributed by atoms with Crippen LogP contribution in [-0.4, -0.2) is 18.5 Å². The van der Waals surface area contributed by atoms with Crippen molar-refractivity contribution in [2.75, 3.05) is 13.6 Å². The highest BCUT2D eigenvalue weighted by Gasteiger charge is 2.07. The minimum absolute atomic E-state index is 1.14. The molecule has 0 radical (unpaired) electrons. The van der Waals surface area contributed by atoms with Crippen LogP contribution in [-0.2, 0) is 0 Å². The maximum Gasteiger partial charge on any atom is 0.0143 e. The smallest absolute Gasteiger partial charge is 0.0143 e. The summed E-state index contributed by atoms with van der Waals surface area (Å²) in [6, 6.07) is 0. The zero-order chi connectivity index (χ0) is 5.98. The van der Waals surface area contributed by atoms with Gasteiger partial charge in [0, 0.05) is 19.3 Å². The summed E-state index contributed by atoms with van der Waals surface area (Å²) >= 11 is 0. The molecular formula is C7H13N. The molecule has 0 unspecified atom stereocenters. The second-order valence-corrected chi connectivity index (χ2v) is 2.25. The fourth-order valence-electron chi connectivity index (χ4n) is 0.823. The van der Waals surface area contributed by atoms with Crippen molar-refractivity contribution in [3.63, 3.8) is 0 Å². The van der Waals surface area contributed by atoms with Crippen LogP contribution in [0.4, 0.5) is 0 Å². The number of nitrogens with zero attached hydrogens (tertiary/aromatic N) is 1. The average molecular weight is 111 g/mol. The Morgan fingerprint density at radius 3 is 2.50 bits per heavy atom. The molecule has 8 heavy (non-hydrogen) atoms. The molecule has 0 saturated heterocycles. The van der Waals surface area contributed by atoms with Gasteiger partial charge in [-0.15, -0.1) is 0 Å². The molecule has 0 N–H and O–H groups in total. The average Bonchev–Trinajstić information content (AvgIpc) is 1.62. The van der Waals surface area contributed by atoms with Crippen molar-refractivity contribution in [2.24, 2.45) is 0 Å². The molecule has 0 amide bonds. The third-order valence-corrected chi connectivity index (χ3v) is 1.75.